The molecule has 0 aliphatic heterocycles. The predicted octanol–water partition coefficient (Wildman–Crippen LogP) is 15.5. The second kappa shape index (κ2) is 11.5. The average Bonchev–Trinajstić information content (AvgIpc) is 3.74. The molecule has 0 fully saturated rings. The highest BCUT2D eigenvalue weighted by molar-refractivity contribution is 6.25. The third-order valence-electron chi connectivity index (χ3n) is 12.6. The van der Waals surface area contributed by atoms with Gasteiger partial charge in [-0.15, -0.1) is 0 Å². The van der Waals surface area contributed by atoms with Crippen LogP contribution in [-0.4, -0.2) is 0 Å². The van der Waals surface area contributed by atoms with E-state index in [1.165, 1.54) is 109 Å². The third-order valence-corrected chi connectivity index (χ3v) is 12.6. The molecule has 1 heteroatoms. The Balaban J connectivity index is 1.05. The van der Waals surface area contributed by atoms with E-state index in [0.29, 0.717) is 0 Å². The van der Waals surface area contributed by atoms with Gasteiger partial charge in [0.25, 0.3) is 0 Å². The number of benzene rings is 10. The van der Waals surface area contributed by atoms with Crippen molar-refractivity contribution in [2.45, 2.75) is 19.3 Å². The first kappa shape index (κ1) is 31.4. The lowest BCUT2D eigenvalue weighted by molar-refractivity contribution is 0.620. The van der Waals surface area contributed by atoms with E-state index in [4.69, 9.17) is 4.42 Å². The first-order valence-electron chi connectivity index (χ1n) is 19.6. The molecule has 1 nitrogen and oxygen atoms in total. The van der Waals surface area contributed by atoms with Gasteiger partial charge in [0.05, 0.1) is 0 Å². The summed E-state index contributed by atoms with van der Waals surface area (Å²) in [4.78, 5) is 0. The van der Waals surface area contributed by atoms with Gasteiger partial charge < -0.3 is 4.42 Å². The normalized spacial score (nSPS) is 13.3. The fourth-order valence-electron chi connectivity index (χ4n) is 10.2. The zero-order valence-corrected chi connectivity index (χ0v) is 31.2. The first-order chi connectivity index (χ1) is 27.6. The number of furan rings is 1. The molecule has 262 valence electrons. The SMILES string of the molecule is CC1(C)c2ccccc2-c2ccc3c(oc4cc(-c5ccc(-c6c7ccccc7c(-c7cccc8ccccc78)c7ccccc67)cc5)c5ccccc5c43)c21. The largest absolute Gasteiger partial charge is 0.456 e. The summed E-state index contributed by atoms with van der Waals surface area (Å²) in [5, 5.41) is 12.4. The van der Waals surface area contributed by atoms with Crippen molar-refractivity contribution in [2.24, 2.45) is 0 Å². The van der Waals surface area contributed by atoms with Crippen LogP contribution in [0.2, 0.25) is 0 Å². The van der Waals surface area contributed by atoms with Crippen molar-refractivity contribution in [3.63, 3.8) is 0 Å². The van der Waals surface area contributed by atoms with Crippen LogP contribution in [0, 0.1) is 0 Å². The molecule has 1 aliphatic rings. The highest BCUT2D eigenvalue weighted by atomic mass is 16.3. The molecule has 0 amide bonds. The molecular formula is C55H36O. The van der Waals surface area contributed by atoms with Crippen molar-refractivity contribution in [3.05, 3.63) is 193 Å². The minimum atomic E-state index is -0.158. The van der Waals surface area contributed by atoms with Gasteiger partial charge in [0.15, 0.2) is 0 Å². The van der Waals surface area contributed by atoms with Crippen LogP contribution < -0.4 is 0 Å². The zero-order chi connectivity index (χ0) is 37.1. The molecule has 1 aromatic heterocycles. The van der Waals surface area contributed by atoms with E-state index in [9.17, 15) is 0 Å². The van der Waals surface area contributed by atoms with Crippen LogP contribution in [0.15, 0.2) is 186 Å². The summed E-state index contributed by atoms with van der Waals surface area (Å²) in [5.74, 6) is 0. The summed E-state index contributed by atoms with van der Waals surface area (Å²) >= 11 is 0. The Morgan fingerprint density at radius 3 is 1.66 bits per heavy atom. The van der Waals surface area contributed by atoms with E-state index in [2.05, 4.69) is 196 Å². The monoisotopic (exact) mass is 712 g/mol. The van der Waals surface area contributed by atoms with Crippen LogP contribution in [0.1, 0.15) is 25.0 Å². The highest BCUT2D eigenvalue weighted by Crippen LogP contribution is 2.53. The van der Waals surface area contributed by atoms with Crippen molar-refractivity contribution >= 4 is 65.0 Å². The van der Waals surface area contributed by atoms with Crippen LogP contribution in [0.25, 0.3) is 110 Å². The van der Waals surface area contributed by atoms with Gasteiger partial charge in [-0.25, -0.2) is 0 Å². The Kier molecular flexibility index (Phi) is 6.46. The molecule has 10 aromatic carbocycles. The smallest absolute Gasteiger partial charge is 0.140 e. The number of fused-ring (bicyclic) bond motifs is 12. The van der Waals surface area contributed by atoms with Crippen LogP contribution in [-0.2, 0) is 5.41 Å². The van der Waals surface area contributed by atoms with Gasteiger partial charge in [0.1, 0.15) is 11.2 Å². The molecule has 0 N–H and O–H groups in total. The molecule has 56 heavy (non-hydrogen) atoms. The van der Waals surface area contributed by atoms with Crippen molar-refractivity contribution < 1.29 is 4.42 Å². The Bertz CT molecular complexity index is 3370. The minimum Gasteiger partial charge on any atom is -0.456 e. The molecule has 0 unspecified atom stereocenters. The van der Waals surface area contributed by atoms with Gasteiger partial charge in [-0.2, -0.15) is 0 Å². The molecule has 11 aromatic rings. The van der Waals surface area contributed by atoms with Crippen LogP contribution in [0.5, 0.6) is 0 Å². The second-order valence-electron chi connectivity index (χ2n) is 15.9. The van der Waals surface area contributed by atoms with E-state index in [-0.39, 0.29) is 5.41 Å². The van der Waals surface area contributed by atoms with E-state index in [1.807, 2.05) is 0 Å². The van der Waals surface area contributed by atoms with E-state index in [1.54, 1.807) is 0 Å². The van der Waals surface area contributed by atoms with E-state index >= 15 is 0 Å². The minimum absolute atomic E-state index is 0.158. The fourth-order valence-corrected chi connectivity index (χ4v) is 10.2. The standard InChI is InChI=1S/C55H36O/c1-55(2)48-25-12-11-18-38(48)45-30-31-46-52-40-19-6-5-17-37(40)47(32-49(52)56-54(46)53(45)55)34-26-28-35(29-27-34)50-41-20-7-9-22-43(41)51(44-23-10-8-21-42(44)50)39-24-13-15-33-14-3-4-16-36(33)39/h3-32H,1-2H3. The number of rotatable bonds is 3. The van der Waals surface area contributed by atoms with E-state index < -0.39 is 0 Å². The van der Waals surface area contributed by atoms with Gasteiger partial charge in [0.2, 0.25) is 0 Å². The molecule has 1 aliphatic carbocycles. The van der Waals surface area contributed by atoms with E-state index in [0.717, 1.165) is 11.2 Å². The summed E-state index contributed by atoms with van der Waals surface area (Å²) in [6, 6.07) is 67.0. The average molecular weight is 713 g/mol. The molecule has 12 rings (SSSR count). The second-order valence-corrected chi connectivity index (χ2v) is 15.9. The highest BCUT2D eigenvalue weighted by Gasteiger charge is 2.38. The lowest BCUT2D eigenvalue weighted by atomic mass is 9.81. The predicted molar refractivity (Wildman–Crippen MR) is 238 cm³/mol. The number of hydrogen-bond acceptors (Lipinski definition) is 1. The fraction of sp³-hybridized carbons (Fsp3) is 0.0545. The summed E-state index contributed by atoms with van der Waals surface area (Å²) in [6.07, 6.45) is 0. The zero-order valence-electron chi connectivity index (χ0n) is 31.2. The molecule has 0 atom stereocenters. The summed E-state index contributed by atoms with van der Waals surface area (Å²) in [7, 11) is 0. The van der Waals surface area contributed by atoms with Gasteiger partial charge in [0, 0.05) is 21.8 Å². The lowest BCUT2D eigenvalue weighted by Crippen LogP contribution is -2.15. The Hall–Kier alpha value is -6.96. The van der Waals surface area contributed by atoms with Crippen molar-refractivity contribution in [2.75, 3.05) is 0 Å². The van der Waals surface area contributed by atoms with Gasteiger partial charge in [-0.1, -0.05) is 184 Å². The van der Waals surface area contributed by atoms with Crippen LogP contribution in [0.4, 0.5) is 0 Å². The molecule has 0 saturated heterocycles. The molecule has 0 bridgehead atoms. The van der Waals surface area contributed by atoms with Crippen molar-refractivity contribution in [3.8, 4) is 44.5 Å². The maximum absolute atomic E-state index is 7.00. The van der Waals surface area contributed by atoms with Crippen LogP contribution >= 0.6 is 0 Å². The molecule has 1 heterocycles. The number of hydrogen-bond donors (Lipinski definition) is 0. The topological polar surface area (TPSA) is 13.1 Å². The molecular weight excluding hydrogens is 677 g/mol. The molecule has 0 spiro atoms. The quantitative estimate of drug-likeness (QED) is 0.166. The van der Waals surface area contributed by atoms with Gasteiger partial charge in [-0.3, -0.25) is 0 Å². The van der Waals surface area contributed by atoms with Gasteiger partial charge in [-0.05, 0) is 105 Å². The first-order valence-corrected chi connectivity index (χ1v) is 19.6. The third kappa shape index (κ3) is 4.26. The summed E-state index contributed by atoms with van der Waals surface area (Å²) in [6.45, 7) is 4.66. The summed E-state index contributed by atoms with van der Waals surface area (Å²) in [5.41, 5.74) is 14.4. The lowest BCUT2D eigenvalue weighted by Gasteiger charge is -2.21. The maximum atomic E-state index is 7.00. The van der Waals surface area contributed by atoms with Crippen molar-refractivity contribution in [1.29, 1.82) is 0 Å². The molecule has 0 saturated carbocycles. The van der Waals surface area contributed by atoms with Crippen LogP contribution in [0.3, 0.4) is 0 Å². The van der Waals surface area contributed by atoms with Gasteiger partial charge >= 0.3 is 0 Å². The Morgan fingerprint density at radius 1 is 0.375 bits per heavy atom. The summed E-state index contributed by atoms with van der Waals surface area (Å²) < 4.78 is 7.00. The Labute approximate surface area is 325 Å². The molecule has 0 radical (unpaired) electrons. The Morgan fingerprint density at radius 2 is 0.929 bits per heavy atom. The van der Waals surface area contributed by atoms with Crippen molar-refractivity contribution in [1.82, 2.24) is 0 Å². The maximum Gasteiger partial charge on any atom is 0.140 e.